The van der Waals surface area contributed by atoms with E-state index in [2.05, 4.69) is 60.0 Å². The standard InChI is InChI=1S/C16H23BrN2/c1-10-12(5-6-13(17)18-10)19-14-15(2,3)11-7-8-16(14,4)9-11/h5-6,11,14,19H,7-9H2,1-4H3/t11-,14?,16+/m0/s1. The molecule has 1 heterocycles. The Bertz CT molecular complexity index is 507. The van der Waals surface area contributed by atoms with Crippen LogP contribution in [0.3, 0.4) is 0 Å². The minimum absolute atomic E-state index is 0.381. The molecule has 1 aromatic rings. The maximum Gasteiger partial charge on any atom is 0.106 e. The van der Waals surface area contributed by atoms with Crippen molar-refractivity contribution in [2.45, 2.75) is 53.0 Å². The molecule has 19 heavy (non-hydrogen) atoms. The Morgan fingerprint density at radius 2 is 2.05 bits per heavy atom. The van der Waals surface area contributed by atoms with E-state index in [9.17, 15) is 0 Å². The Kier molecular flexibility index (Phi) is 2.97. The van der Waals surface area contributed by atoms with Gasteiger partial charge in [-0.25, -0.2) is 4.98 Å². The second-order valence-electron chi connectivity index (χ2n) is 7.26. The zero-order chi connectivity index (χ0) is 13.8. The Morgan fingerprint density at radius 1 is 1.32 bits per heavy atom. The molecule has 0 spiro atoms. The smallest absolute Gasteiger partial charge is 0.106 e. The highest BCUT2D eigenvalue weighted by Crippen LogP contribution is 2.63. The molecule has 2 aliphatic rings. The predicted octanol–water partition coefficient (Wildman–Crippen LogP) is 4.78. The van der Waals surface area contributed by atoms with Gasteiger partial charge in [0.15, 0.2) is 0 Å². The van der Waals surface area contributed by atoms with Crippen molar-refractivity contribution in [2.24, 2.45) is 16.7 Å². The molecule has 2 nitrogen and oxygen atoms in total. The molecule has 1 N–H and O–H groups in total. The van der Waals surface area contributed by atoms with Gasteiger partial charge in [0.2, 0.25) is 0 Å². The van der Waals surface area contributed by atoms with Gasteiger partial charge in [0.1, 0.15) is 4.60 Å². The average molecular weight is 323 g/mol. The van der Waals surface area contributed by atoms with Crippen LogP contribution in [0.15, 0.2) is 16.7 Å². The van der Waals surface area contributed by atoms with Gasteiger partial charge in [0, 0.05) is 6.04 Å². The topological polar surface area (TPSA) is 24.9 Å². The lowest BCUT2D eigenvalue weighted by molar-refractivity contribution is 0.155. The van der Waals surface area contributed by atoms with Crippen molar-refractivity contribution in [1.29, 1.82) is 0 Å². The maximum absolute atomic E-state index is 4.50. The van der Waals surface area contributed by atoms with Crippen molar-refractivity contribution in [3.8, 4) is 0 Å². The van der Waals surface area contributed by atoms with Crippen molar-refractivity contribution >= 4 is 21.6 Å². The van der Waals surface area contributed by atoms with E-state index in [1.807, 2.05) is 6.07 Å². The molecule has 2 saturated carbocycles. The molecular weight excluding hydrogens is 300 g/mol. The molecule has 1 aromatic heterocycles. The van der Waals surface area contributed by atoms with Crippen LogP contribution in [-0.4, -0.2) is 11.0 Å². The van der Waals surface area contributed by atoms with Crippen LogP contribution >= 0.6 is 15.9 Å². The first kappa shape index (κ1) is 13.4. The van der Waals surface area contributed by atoms with E-state index in [0.717, 1.165) is 16.2 Å². The molecule has 104 valence electrons. The molecule has 0 aliphatic heterocycles. The van der Waals surface area contributed by atoms with Crippen LogP contribution in [0.25, 0.3) is 0 Å². The van der Waals surface area contributed by atoms with Gasteiger partial charge in [-0.3, -0.25) is 0 Å². The third-order valence-electron chi connectivity index (χ3n) is 5.62. The molecule has 2 aliphatic carbocycles. The third kappa shape index (κ3) is 2.01. The molecular formula is C16H23BrN2. The number of aromatic nitrogens is 1. The van der Waals surface area contributed by atoms with Crippen molar-refractivity contribution in [2.75, 3.05) is 5.32 Å². The fraction of sp³-hybridized carbons (Fsp3) is 0.688. The van der Waals surface area contributed by atoms with Crippen LogP contribution in [0, 0.1) is 23.7 Å². The highest BCUT2D eigenvalue weighted by atomic mass is 79.9. The number of rotatable bonds is 2. The number of pyridine rings is 1. The van der Waals surface area contributed by atoms with Gasteiger partial charge in [0.25, 0.3) is 0 Å². The van der Waals surface area contributed by atoms with E-state index in [4.69, 9.17) is 0 Å². The molecule has 2 fully saturated rings. The summed E-state index contributed by atoms with van der Waals surface area (Å²) in [7, 11) is 0. The number of fused-ring (bicyclic) bond motifs is 2. The molecule has 0 radical (unpaired) electrons. The fourth-order valence-electron chi connectivity index (χ4n) is 4.50. The minimum Gasteiger partial charge on any atom is -0.380 e. The van der Waals surface area contributed by atoms with E-state index < -0.39 is 0 Å². The highest BCUT2D eigenvalue weighted by molar-refractivity contribution is 9.10. The van der Waals surface area contributed by atoms with Gasteiger partial charge < -0.3 is 5.32 Å². The summed E-state index contributed by atoms with van der Waals surface area (Å²) in [6.07, 6.45) is 4.14. The lowest BCUT2D eigenvalue weighted by Gasteiger charge is -2.43. The zero-order valence-corrected chi connectivity index (χ0v) is 13.8. The highest BCUT2D eigenvalue weighted by Gasteiger charge is 2.59. The summed E-state index contributed by atoms with van der Waals surface area (Å²) in [5, 5.41) is 3.82. The molecule has 0 aromatic carbocycles. The Labute approximate surface area is 124 Å². The van der Waals surface area contributed by atoms with Gasteiger partial charge in [-0.1, -0.05) is 20.8 Å². The van der Waals surface area contributed by atoms with Crippen molar-refractivity contribution in [3.05, 3.63) is 22.4 Å². The van der Waals surface area contributed by atoms with Gasteiger partial charge >= 0.3 is 0 Å². The number of aryl methyl sites for hydroxylation is 1. The first-order valence-corrected chi connectivity index (χ1v) is 8.02. The molecule has 3 heteroatoms. The van der Waals surface area contributed by atoms with E-state index in [1.165, 1.54) is 24.9 Å². The largest absolute Gasteiger partial charge is 0.380 e. The van der Waals surface area contributed by atoms with Crippen molar-refractivity contribution < 1.29 is 0 Å². The van der Waals surface area contributed by atoms with E-state index in [0.29, 0.717) is 16.9 Å². The summed E-state index contributed by atoms with van der Waals surface area (Å²) in [4.78, 5) is 4.50. The number of nitrogens with zero attached hydrogens (tertiary/aromatic N) is 1. The summed E-state index contributed by atoms with van der Waals surface area (Å²) in [5.41, 5.74) is 3.10. The van der Waals surface area contributed by atoms with Gasteiger partial charge in [0.05, 0.1) is 11.4 Å². The lowest BCUT2D eigenvalue weighted by Crippen LogP contribution is -2.45. The first-order valence-electron chi connectivity index (χ1n) is 7.23. The molecule has 2 bridgehead atoms. The summed E-state index contributed by atoms with van der Waals surface area (Å²) < 4.78 is 0.911. The zero-order valence-electron chi connectivity index (χ0n) is 12.3. The Morgan fingerprint density at radius 3 is 2.63 bits per heavy atom. The van der Waals surface area contributed by atoms with E-state index in [-0.39, 0.29) is 0 Å². The normalized spacial score (nSPS) is 35.6. The van der Waals surface area contributed by atoms with Gasteiger partial charge in [-0.2, -0.15) is 0 Å². The summed E-state index contributed by atoms with van der Waals surface area (Å²) in [6, 6.07) is 4.73. The van der Waals surface area contributed by atoms with Gasteiger partial charge in [-0.15, -0.1) is 0 Å². The summed E-state index contributed by atoms with van der Waals surface area (Å²) >= 11 is 3.44. The quantitative estimate of drug-likeness (QED) is 0.792. The monoisotopic (exact) mass is 322 g/mol. The molecule has 3 atom stereocenters. The second-order valence-corrected chi connectivity index (χ2v) is 8.07. The van der Waals surface area contributed by atoms with Crippen molar-refractivity contribution in [3.63, 3.8) is 0 Å². The fourth-order valence-corrected chi connectivity index (χ4v) is 4.90. The SMILES string of the molecule is Cc1nc(Br)ccc1NC1C(C)(C)[C@H]2CC[C@]1(C)C2. The van der Waals surface area contributed by atoms with Gasteiger partial charge in [-0.05, 0) is 71.0 Å². The Hall–Kier alpha value is -0.570. The second kappa shape index (κ2) is 4.21. The van der Waals surface area contributed by atoms with Crippen LogP contribution in [0.4, 0.5) is 5.69 Å². The molecule has 3 rings (SSSR count). The number of anilines is 1. The first-order chi connectivity index (χ1) is 8.83. The lowest BCUT2D eigenvalue weighted by atomic mass is 9.68. The molecule has 0 amide bonds. The van der Waals surface area contributed by atoms with E-state index >= 15 is 0 Å². The summed E-state index contributed by atoms with van der Waals surface area (Å²) in [5.74, 6) is 0.874. The number of hydrogen-bond acceptors (Lipinski definition) is 2. The van der Waals surface area contributed by atoms with Crippen LogP contribution in [0.2, 0.25) is 0 Å². The minimum atomic E-state index is 0.381. The third-order valence-corrected chi connectivity index (χ3v) is 6.06. The van der Waals surface area contributed by atoms with Crippen LogP contribution in [-0.2, 0) is 0 Å². The van der Waals surface area contributed by atoms with Crippen LogP contribution in [0.5, 0.6) is 0 Å². The maximum atomic E-state index is 4.50. The van der Waals surface area contributed by atoms with Crippen LogP contribution in [0.1, 0.15) is 45.7 Å². The summed E-state index contributed by atoms with van der Waals surface area (Å²) in [6.45, 7) is 9.40. The number of hydrogen-bond donors (Lipinski definition) is 1. The van der Waals surface area contributed by atoms with Crippen molar-refractivity contribution in [1.82, 2.24) is 4.98 Å². The van der Waals surface area contributed by atoms with Crippen LogP contribution < -0.4 is 5.32 Å². The average Bonchev–Trinajstić information content (AvgIpc) is 2.78. The molecule has 1 unspecified atom stereocenters. The number of halogens is 1. The molecule has 0 saturated heterocycles. The predicted molar refractivity (Wildman–Crippen MR) is 83.3 cm³/mol. The van der Waals surface area contributed by atoms with E-state index in [1.54, 1.807) is 0 Å². The number of nitrogens with one attached hydrogen (secondary N) is 1. The Balaban J connectivity index is 1.90.